The van der Waals surface area contributed by atoms with E-state index in [-0.39, 0.29) is 17.9 Å². The van der Waals surface area contributed by atoms with E-state index < -0.39 is 0 Å². The fourth-order valence-electron chi connectivity index (χ4n) is 1.68. The first-order valence-electron chi connectivity index (χ1n) is 4.98. The third kappa shape index (κ3) is 1.57. The van der Waals surface area contributed by atoms with Crippen molar-refractivity contribution in [2.45, 2.75) is 26.4 Å². The van der Waals surface area contributed by atoms with Gasteiger partial charge in [-0.3, -0.25) is 15.1 Å². The minimum atomic E-state index is 0.0408. The zero-order chi connectivity index (χ0) is 10.1. The molecule has 0 saturated carbocycles. The molecular formula is C10H15N3O. The Balaban J connectivity index is 2.11. The van der Waals surface area contributed by atoms with Crippen LogP contribution in [-0.4, -0.2) is 29.2 Å². The maximum Gasteiger partial charge on any atom is 0.181 e. The summed E-state index contributed by atoms with van der Waals surface area (Å²) >= 11 is 0. The van der Waals surface area contributed by atoms with Crippen LogP contribution in [0.5, 0.6) is 0 Å². The Morgan fingerprint density at radius 3 is 3.14 bits per heavy atom. The molecule has 14 heavy (non-hydrogen) atoms. The van der Waals surface area contributed by atoms with Gasteiger partial charge in [-0.15, -0.1) is 0 Å². The number of carbonyl (C=O) groups excluding carboxylic acids is 1. The smallest absolute Gasteiger partial charge is 0.181 e. The number of hydrogen-bond acceptors (Lipinski definition) is 4. The van der Waals surface area contributed by atoms with Crippen molar-refractivity contribution in [2.24, 2.45) is 11.0 Å². The third-order valence-corrected chi connectivity index (χ3v) is 2.48. The van der Waals surface area contributed by atoms with E-state index in [0.29, 0.717) is 5.71 Å². The van der Waals surface area contributed by atoms with E-state index in [2.05, 4.69) is 10.4 Å². The zero-order valence-electron chi connectivity index (χ0n) is 8.53. The van der Waals surface area contributed by atoms with E-state index in [1.165, 1.54) is 0 Å². The summed E-state index contributed by atoms with van der Waals surface area (Å²) < 4.78 is 0. The van der Waals surface area contributed by atoms with Gasteiger partial charge in [0.25, 0.3) is 0 Å². The van der Waals surface area contributed by atoms with E-state index >= 15 is 0 Å². The topological polar surface area (TPSA) is 44.7 Å². The van der Waals surface area contributed by atoms with E-state index in [1.54, 1.807) is 0 Å². The molecule has 1 unspecified atom stereocenters. The van der Waals surface area contributed by atoms with Crippen LogP contribution in [0.2, 0.25) is 0 Å². The summed E-state index contributed by atoms with van der Waals surface area (Å²) in [5.41, 5.74) is 0.698. The number of carbonyl (C=O) groups is 1. The van der Waals surface area contributed by atoms with E-state index in [9.17, 15) is 4.79 Å². The lowest BCUT2D eigenvalue weighted by molar-refractivity contribution is -0.115. The number of hydrogen-bond donors (Lipinski definition) is 1. The monoisotopic (exact) mass is 193 g/mol. The zero-order valence-corrected chi connectivity index (χ0v) is 8.53. The highest BCUT2D eigenvalue weighted by Crippen LogP contribution is 2.18. The molecule has 2 heterocycles. The Morgan fingerprint density at radius 1 is 1.71 bits per heavy atom. The van der Waals surface area contributed by atoms with Crippen LogP contribution in [0.3, 0.4) is 0 Å². The van der Waals surface area contributed by atoms with Crippen molar-refractivity contribution in [3.05, 3.63) is 12.3 Å². The minimum Gasteiger partial charge on any atom is -0.292 e. The number of nitrogens with one attached hydrogen (secondary N) is 1. The Kier molecular flexibility index (Phi) is 2.37. The molecule has 0 amide bonds. The van der Waals surface area contributed by atoms with Gasteiger partial charge in [0.05, 0.1) is 0 Å². The standard InChI is InChI=1S/C10H15N3O/c1-7(2)10(14)8-6-9-11-4-3-5-13(9)12-8/h3,5,7,9,11H,4,6H2,1-2H3. The van der Waals surface area contributed by atoms with Crippen LogP contribution >= 0.6 is 0 Å². The second-order valence-corrected chi connectivity index (χ2v) is 3.96. The molecule has 76 valence electrons. The molecular weight excluding hydrogens is 178 g/mol. The second kappa shape index (κ2) is 3.53. The second-order valence-electron chi connectivity index (χ2n) is 3.96. The first-order chi connectivity index (χ1) is 6.68. The highest BCUT2D eigenvalue weighted by molar-refractivity contribution is 6.40. The normalized spacial score (nSPS) is 25.2. The maximum absolute atomic E-state index is 11.7. The molecule has 0 aliphatic carbocycles. The number of Topliss-reactive ketones (excluding diaryl/α,β-unsaturated/α-hetero) is 1. The molecule has 4 heteroatoms. The van der Waals surface area contributed by atoms with Crippen LogP contribution in [0.4, 0.5) is 0 Å². The van der Waals surface area contributed by atoms with E-state index in [1.807, 2.05) is 31.1 Å². The molecule has 0 bridgehead atoms. The van der Waals surface area contributed by atoms with Crippen molar-refractivity contribution < 1.29 is 4.79 Å². The van der Waals surface area contributed by atoms with Crippen molar-refractivity contribution in [3.8, 4) is 0 Å². The molecule has 0 fully saturated rings. The summed E-state index contributed by atoms with van der Waals surface area (Å²) in [5, 5.41) is 9.39. The molecule has 2 aliphatic heterocycles. The third-order valence-electron chi connectivity index (χ3n) is 2.48. The molecule has 2 aliphatic rings. The average Bonchev–Trinajstić information content (AvgIpc) is 2.59. The van der Waals surface area contributed by atoms with E-state index in [4.69, 9.17) is 0 Å². The van der Waals surface area contributed by atoms with Gasteiger partial charge in [0.15, 0.2) is 5.78 Å². The quantitative estimate of drug-likeness (QED) is 0.702. The van der Waals surface area contributed by atoms with Gasteiger partial charge in [0, 0.05) is 25.1 Å². The predicted molar refractivity (Wildman–Crippen MR) is 54.7 cm³/mol. The van der Waals surface area contributed by atoms with Crippen LogP contribution in [0, 0.1) is 5.92 Å². The highest BCUT2D eigenvalue weighted by Gasteiger charge is 2.30. The number of hydrazone groups is 1. The summed E-state index contributed by atoms with van der Waals surface area (Å²) in [6.07, 6.45) is 4.85. The fraction of sp³-hybridized carbons (Fsp3) is 0.600. The number of rotatable bonds is 2. The molecule has 0 aromatic heterocycles. The molecule has 1 atom stereocenters. The van der Waals surface area contributed by atoms with Gasteiger partial charge < -0.3 is 0 Å². The lowest BCUT2D eigenvalue weighted by Gasteiger charge is -2.23. The van der Waals surface area contributed by atoms with Crippen molar-refractivity contribution in [1.29, 1.82) is 0 Å². The Bertz CT molecular complexity index is 306. The van der Waals surface area contributed by atoms with Gasteiger partial charge in [0.1, 0.15) is 11.9 Å². The van der Waals surface area contributed by atoms with Gasteiger partial charge in [-0.2, -0.15) is 5.10 Å². The van der Waals surface area contributed by atoms with Crippen molar-refractivity contribution in [3.63, 3.8) is 0 Å². The van der Waals surface area contributed by atoms with Crippen molar-refractivity contribution in [1.82, 2.24) is 10.3 Å². The van der Waals surface area contributed by atoms with Gasteiger partial charge >= 0.3 is 0 Å². The number of nitrogens with zero attached hydrogens (tertiary/aromatic N) is 2. The molecule has 0 spiro atoms. The van der Waals surface area contributed by atoms with Crippen LogP contribution in [0.1, 0.15) is 20.3 Å². The summed E-state index contributed by atoms with van der Waals surface area (Å²) in [5.74, 6) is 0.202. The molecule has 0 saturated heterocycles. The molecule has 0 aromatic rings. The number of fused-ring (bicyclic) bond motifs is 1. The Labute approximate surface area is 83.7 Å². The molecule has 0 radical (unpaired) electrons. The maximum atomic E-state index is 11.7. The lowest BCUT2D eigenvalue weighted by atomic mass is 10.0. The van der Waals surface area contributed by atoms with Gasteiger partial charge in [-0.1, -0.05) is 19.9 Å². The van der Waals surface area contributed by atoms with Crippen LogP contribution in [0.25, 0.3) is 0 Å². The van der Waals surface area contributed by atoms with Gasteiger partial charge in [0.2, 0.25) is 0 Å². The fourth-order valence-corrected chi connectivity index (χ4v) is 1.68. The van der Waals surface area contributed by atoms with Crippen LogP contribution in [0.15, 0.2) is 17.4 Å². The molecule has 4 nitrogen and oxygen atoms in total. The lowest BCUT2D eigenvalue weighted by Crippen LogP contribution is -2.40. The van der Waals surface area contributed by atoms with Crippen LogP contribution < -0.4 is 5.32 Å². The van der Waals surface area contributed by atoms with Crippen molar-refractivity contribution >= 4 is 11.5 Å². The predicted octanol–water partition coefficient (Wildman–Crippen LogP) is 0.716. The highest BCUT2D eigenvalue weighted by atomic mass is 16.1. The van der Waals surface area contributed by atoms with Gasteiger partial charge in [-0.25, -0.2) is 0 Å². The molecule has 2 rings (SSSR count). The summed E-state index contributed by atoms with van der Waals surface area (Å²) in [7, 11) is 0. The SMILES string of the molecule is CC(C)C(=O)C1=NN2C=CCNC2C1. The largest absolute Gasteiger partial charge is 0.292 e. The summed E-state index contributed by atoms with van der Waals surface area (Å²) in [6, 6.07) is 0. The molecule has 0 aromatic carbocycles. The van der Waals surface area contributed by atoms with Crippen LogP contribution in [-0.2, 0) is 4.79 Å². The first kappa shape index (κ1) is 9.40. The summed E-state index contributed by atoms with van der Waals surface area (Å²) in [6.45, 7) is 4.68. The summed E-state index contributed by atoms with van der Waals surface area (Å²) in [4.78, 5) is 11.7. The Morgan fingerprint density at radius 2 is 2.50 bits per heavy atom. The van der Waals surface area contributed by atoms with Gasteiger partial charge in [-0.05, 0) is 0 Å². The Hall–Kier alpha value is -1.16. The average molecular weight is 193 g/mol. The minimum absolute atomic E-state index is 0.0408. The van der Waals surface area contributed by atoms with Crippen molar-refractivity contribution in [2.75, 3.05) is 6.54 Å². The number of ketones is 1. The molecule has 1 N–H and O–H groups in total. The van der Waals surface area contributed by atoms with E-state index in [0.717, 1.165) is 13.0 Å². The first-order valence-corrected chi connectivity index (χ1v) is 4.98.